The molecule has 3 aromatic rings. The molecule has 0 fully saturated rings. The number of thiazole rings is 1. The van der Waals surface area contributed by atoms with Gasteiger partial charge in [-0.15, -0.1) is 12.4 Å². The first kappa shape index (κ1) is 26.0. The Bertz CT molecular complexity index is 1230. The number of rotatable bonds is 6. The van der Waals surface area contributed by atoms with Gasteiger partial charge in [-0.2, -0.15) is 13.2 Å². The number of amides is 1. The third-order valence-electron chi connectivity index (χ3n) is 4.45. The summed E-state index contributed by atoms with van der Waals surface area (Å²) in [4.78, 5) is 20.7. The molecule has 12 heteroatoms. The summed E-state index contributed by atoms with van der Waals surface area (Å²) in [5.41, 5.74) is -0.817. The molecule has 174 valence electrons. The molecule has 6 nitrogen and oxygen atoms in total. The molecule has 1 amide bonds. The van der Waals surface area contributed by atoms with Gasteiger partial charge in [0.05, 0.1) is 15.2 Å². The molecule has 0 N–H and O–H groups in total. The maximum absolute atomic E-state index is 13.2. The van der Waals surface area contributed by atoms with Gasteiger partial charge in [-0.05, 0) is 44.4 Å². The van der Waals surface area contributed by atoms with Gasteiger partial charge < -0.3 is 4.90 Å². The van der Waals surface area contributed by atoms with Crippen molar-refractivity contribution in [3.8, 4) is 0 Å². The van der Waals surface area contributed by atoms with E-state index < -0.39 is 27.5 Å². The highest BCUT2D eigenvalue weighted by atomic mass is 35.5. The summed E-state index contributed by atoms with van der Waals surface area (Å²) < 4.78 is 64.1. The van der Waals surface area contributed by atoms with Crippen molar-refractivity contribution in [1.29, 1.82) is 0 Å². The molecule has 3 rings (SSSR count). The fourth-order valence-electron chi connectivity index (χ4n) is 2.89. The molecule has 0 bridgehead atoms. The predicted molar refractivity (Wildman–Crippen MR) is 122 cm³/mol. The summed E-state index contributed by atoms with van der Waals surface area (Å²) in [7, 11) is 0.0429. The van der Waals surface area contributed by atoms with E-state index in [4.69, 9.17) is 0 Å². The number of para-hydroxylation sites is 1. The van der Waals surface area contributed by atoms with Crippen LogP contribution in [0, 0.1) is 0 Å². The minimum Gasteiger partial charge on any atom is -0.308 e. The first-order chi connectivity index (χ1) is 14.4. The minimum atomic E-state index is -4.58. The SMILES string of the molecule is CN(C)CCN(C(=O)c1cccc(C(F)(F)F)c1)c1nc2c(S(C)(=O)=O)cccc2s1.Cl. The van der Waals surface area contributed by atoms with Crippen LogP contribution in [0.15, 0.2) is 47.4 Å². The Morgan fingerprint density at radius 2 is 1.75 bits per heavy atom. The van der Waals surface area contributed by atoms with Crippen LogP contribution < -0.4 is 4.90 Å². The van der Waals surface area contributed by atoms with E-state index >= 15 is 0 Å². The van der Waals surface area contributed by atoms with Crippen LogP contribution in [-0.4, -0.2) is 57.6 Å². The molecule has 2 aromatic carbocycles. The van der Waals surface area contributed by atoms with Crippen LogP contribution in [0.1, 0.15) is 15.9 Å². The lowest BCUT2D eigenvalue weighted by Crippen LogP contribution is -2.36. The van der Waals surface area contributed by atoms with E-state index in [2.05, 4.69) is 4.98 Å². The lowest BCUT2D eigenvalue weighted by atomic mass is 10.1. The fraction of sp³-hybridized carbons (Fsp3) is 0.300. The first-order valence-electron chi connectivity index (χ1n) is 9.11. The number of anilines is 1. The van der Waals surface area contributed by atoms with Crippen molar-refractivity contribution < 1.29 is 26.4 Å². The quantitative estimate of drug-likeness (QED) is 0.496. The van der Waals surface area contributed by atoms with Crippen molar-refractivity contribution in [2.75, 3.05) is 38.3 Å². The summed E-state index contributed by atoms with van der Waals surface area (Å²) in [5, 5.41) is 0.218. The van der Waals surface area contributed by atoms with E-state index in [1.54, 1.807) is 26.2 Å². The molecule has 32 heavy (non-hydrogen) atoms. The van der Waals surface area contributed by atoms with Gasteiger partial charge in [-0.3, -0.25) is 9.69 Å². The molecule has 0 radical (unpaired) electrons. The second-order valence-corrected chi connectivity index (χ2v) is 10.2. The Balaban J connectivity index is 0.00000363. The summed E-state index contributed by atoms with van der Waals surface area (Å²) in [6, 6.07) is 8.90. The number of hydrogen-bond acceptors (Lipinski definition) is 6. The average molecular weight is 508 g/mol. The summed E-state index contributed by atoms with van der Waals surface area (Å²) >= 11 is 1.11. The van der Waals surface area contributed by atoms with Gasteiger partial charge in [0.1, 0.15) is 5.52 Å². The lowest BCUT2D eigenvalue weighted by Gasteiger charge is -2.22. The number of benzene rings is 2. The Morgan fingerprint density at radius 3 is 2.34 bits per heavy atom. The Hall–Kier alpha value is -2.21. The number of carbonyl (C=O) groups excluding carboxylic acids is 1. The van der Waals surface area contributed by atoms with E-state index in [0.29, 0.717) is 11.2 Å². The molecule has 1 aromatic heterocycles. The summed E-state index contributed by atoms with van der Waals surface area (Å²) in [6.07, 6.45) is -3.51. The zero-order valence-corrected chi connectivity index (χ0v) is 19.8. The largest absolute Gasteiger partial charge is 0.416 e. The third-order valence-corrected chi connectivity index (χ3v) is 6.63. The van der Waals surface area contributed by atoms with Crippen molar-refractivity contribution in [1.82, 2.24) is 9.88 Å². The van der Waals surface area contributed by atoms with E-state index in [9.17, 15) is 26.4 Å². The van der Waals surface area contributed by atoms with Gasteiger partial charge in [0.25, 0.3) is 5.91 Å². The van der Waals surface area contributed by atoms with Crippen LogP contribution in [0.3, 0.4) is 0 Å². The first-order valence-corrected chi connectivity index (χ1v) is 11.8. The Morgan fingerprint density at radius 1 is 1.09 bits per heavy atom. The highest BCUT2D eigenvalue weighted by molar-refractivity contribution is 7.91. The lowest BCUT2D eigenvalue weighted by molar-refractivity contribution is -0.137. The molecule has 0 saturated carbocycles. The smallest absolute Gasteiger partial charge is 0.308 e. The van der Waals surface area contributed by atoms with Crippen LogP contribution in [0.25, 0.3) is 10.2 Å². The Labute approximate surface area is 194 Å². The monoisotopic (exact) mass is 507 g/mol. The van der Waals surface area contributed by atoms with Gasteiger partial charge in [-0.1, -0.05) is 23.5 Å². The van der Waals surface area contributed by atoms with E-state index in [1.165, 1.54) is 23.1 Å². The van der Waals surface area contributed by atoms with Crippen molar-refractivity contribution in [3.05, 3.63) is 53.6 Å². The Kier molecular flexibility index (Phi) is 7.92. The highest BCUT2D eigenvalue weighted by Crippen LogP contribution is 2.34. The van der Waals surface area contributed by atoms with Crippen LogP contribution in [0.4, 0.5) is 18.3 Å². The molecule has 0 saturated heterocycles. The molecule has 0 atom stereocenters. The molecule has 1 heterocycles. The number of aromatic nitrogens is 1. The number of nitrogens with zero attached hydrogens (tertiary/aromatic N) is 3. The normalized spacial score (nSPS) is 12.1. The summed E-state index contributed by atoms with van der Waals surface area (Å²) in [6.45, 7) is 0.593. The molecule has 0 aliphatic carbocycles. The molecule has 0 spiro atoms. The van der Waals surface area contributed by atoms with E-state index in [-0.39, 0.29) is 40.1 Å². The molecule has 0 aliphatic rings. The van der Waals surface area contributed by atoms with Crippen LogP contribution in [-0.2, 0) is 16.0 Å². The third kappa shape index (κ3) is 5.77. The van der Waals surface area contributed by atoms with Crippen LogP contribution in [0.2, 0.25) is 0 Å². The number of fused-ring (bicyclic) bond motifs is 1. The second kappa shape index (κ2) is 9.74. The maximum Gasteiger partial charge on any atom is 0.416 e. The average Bonchev–Trinajstić information content (AvgIpc) is 3.10. The van der Waals surface area contributed by atoms with Gasteiger partial charge in [-0.25, -0.2) is 13.4 Å². The van der Waals surface area contributed by atoms with Crippen molar-refractivity contribution in [2.24, 2.45) is 0 Å². The zero-order chi connectivity index (χ0) is 23.0. The number of carbonyl (C=O) groups is 1. The minimum absolute atomic E-state index is 0. The van der Waals surface area contributed by atoms with E-state index in [0.717, 1.165) is 29.7 Å². The fourth-order valence-corrected chi connectivity index (χ4v) is 4.81. The van der Waals surface area contributed by atoms with Crippen molar-refractivity contribution in [3.63, 3.8) is 0 Å². The number of alkyl halides is 3. The number of sulfone groups is 1. The van der Waals surface area contributed by atoms with Crippen LogP contribution >= 0.6 is 23.7 Å². The molecule has 0 unspecified atom stereocenters. The van der Waals surface area contributed by atoms with Crippen molar-refractivity contribution >= 4 is 54.8 Å². The van der Waals surface area contributed by atoms with Gasteiger partial charge in [0, 0.05) is 24.9 Å². The topological polar surface area (TPSA) is 70.6 Å². The summed E-state index contributed by atoms with van der Waals surface area (Å²) in [5.74, 6) is -0.645. The number of likely N-dealkylation sites (N-methyl/N-ethyl adjacent to an activating group) is 1. The number of halogens is 4. The standard InChI is InChI=1S/C20H20F3N3O3S2.ClH/c1-25(2)10-11-26(18(27)13-6-4-7-14(12-13)20(21,22)23)19-24-17-15(30-19)8-5-9-16(17)31(3,28)29;/h4-9,12H,10-11H2,1-3H3;1H. The zero-order valence-electron chi connectivity index (χ0n) is 17.4. The highest BCUT2D eigenvalue weighted by Gasteiger charge is 2.32. The van der Waals surface area contributed by atoms with Gasteiger partial charge in [0.2, 0.25) is 0 Å². The van der Waals surface area contributed by atoms with Gasteiger partial charge in [0.15, 0.2) is 15.0 Å². The molecular weight excluding hydrogens is 487 g/mol. The van der Waals surface area contributed by atoms with Crippen LogP contribution in [0.5, 0.6) is 0 Å². The molecule has 0 aliphatic heterocycles. The number of hydrogen-bond donors (Lipinski definition) is 0. The predicted octanol–water partition coefficient (Wildman–Crippen LogP) is 4.35. The van der Waals surface area contributed by atoms with E-state index in [1.807, 2.05) is 4.90 Å². The maximum atomic E-state index is 13.2. The van der Waals surface area contributed by atoms with Gasteiger partial charge >= 0.3 is 6.18 Å². The molecular formula is C20H21ClF3N3O3S2. The van der Waals surface area contributed by atoms with Crippen molar-refractivity contribution in [2.45, 2.75) is 11.1 Å². The second-order valence-electron chi connectivity index (χ2n) is 7.21.